The molecular formula is C16H19N. The second kappa shape index (κ2) is 5.13. The fourth-order valence-corrected chi connectivity index (χ4v) is 2.31. The van der Waals surface area contributed by atoms with E-state index in [0.29, 0.717) is 0 Å². The summed E-state index contributed by atoms with van der Waals surface area (Å²) in [6.45, 7) is 6.58. The fraction of sp³-hybridized carbons (Fsp3) is 0.312. The lowest BCUT2D eigenvalue weighted by Crippen LogP contribution is -1.96. The normalized spacial score (nSPS) is 10.5. The summed E-state index contributed by atoms with van der Waals surface area (Å²) in [6, 6.07) is 8.69. The van der Waals surface area contributed by atoms with E-state index >= 15 is 0 Å². The fourth-order valence-electron chi connectivity index (χ4n) is 2.31. The molecule has 0 saturated carbocycles. The maximum atomic E-state index is 4.27. The van der Waals surface area contributed by atoms with E-state index in [-0.39, 0.29) is 0 Å². The van der Waals surface area contributed by atoms with Gasteiger partial charge in [-0.05, 0) is 48.1 Å². The average molecular weight is 225 g/mol. The van der Waals surface area contributed by atoms with Gasteiger partial charge >= 0.3 is 0 Å². The first-order chi connectivity index (χ1) is 8.27. The molecule has 17 heavy (non-hydrogen) atoms. The van der Waals surface area contributed by atoms with Gasteiger partial charge in [-0.3, -0.25) is 4.98 Å². The van der Waals surface area contributed by atoms with Crippen LogP contribution in [0.4, 0.5) is 0 Å². The Morgan fingerprint density at radius 2 is 1.65 bits per heavy atom. The van der Waals surface area contributed by atoms with Crippen LogP contribution in [0.2, 0.25) is 0 Å². The van der Waals surface area contributed by atoms with E-state index in [1.54, 1.807) is 0 Å². The lowest BCUT2D eigenvalue weighted by Gasteiger charge is -2.14. The smallest absolute Gasteiger partial charge is 0.0349 e. The molecule has 0 radical (unpaired) electrons. The molecule has 2 aromatic rings. The molecule has 0 N–H and O–H groups in total. The molecule has 2 rings (SSSR count). The van der Waals surface area contributed by atoms with Crippen molar-refractivity contribution < 1.29 is 0 Å². The number of aromatic nitrogens is 1. The van der Waals surface area contributed by atoms with E-state index in [2.05, 4.69) is 50.0 Å². The quantitative estimate of drug-likeness (QED) is 0.763. The van der Waals surface area contributed by atoms with Crippen molar-refractivity contribution >= 4 is 0 Å². The largest absolute Gasteiger partial charge is 0.264 e. The van der Waals surface area contributed by atoms with Gasteiger partial charge in [0.1, 0.15) is 0 Å². The summed E-state index contributed by atoms with van der Waals surface area (Å²) in [6.07, 6.45) is 5.98. The number of hydrogen-bond donors (Lipinski definition) is 0. The average Bonchev–Trinajstić information content (AvgIpc) is 2.38. The molecule has 0 unspecified atom stereocenters. The van der Waals surface area contributed by atoms with Crippen LogP contribution in [-0.2, 0) is 12.8 Å². The minimum absolute atomic E-state index is 1.07. The van der Waals surface area contributed by atoms with Crippen LogP contribution in [0.5, 0.6) is 0 Å². The standard InChI is InChI=1S/C16H19N/c1-4-13-7-6-8-14(5-2)16(13)15-11-17-10-9-12(15)3/h6-11H,4-5H2,1-3H3. The van der Waals surface area contributed by atoms with E-state index < -0.39 is 0 Å². The first-order valence-corrected chi connectivity index (χ1v) is 6.29. The molecule has 0 saturated heterocycles. The van der Waals surface area contributed by atoms with Crippen LogP contribution in [0, 0.1) is 6.92 Å². The van der Waals surface area contributed by atoms with Crippen molar-refractivity contribution in [3.05, 3.63) is 53.3 Å². The van der Waals surface area contributed by atoms with Gasteiger partial charge in [0.05, 0.1) is 0 Å². The lowest BCUT2D eigenvalue weighted by molar-refractivity contribution is 1.09. The van der Waals surface area contributed by atoms with Crippen molar-refractivity contribution in [2.75, 3.05) is 0 Å². The van der Waals surface area contributed by atoms with Gasteiger partial charge in [-0.15, -0.1) is 0 Å². The predicted molar refractivity (Wildman–Crippen MR) is 73.2 cm³/mol. The van der Waals surface area contributed by atoms with Gasteiger partial charge in [0.2, 0.25) is 0 Å². The molecular weight excluding hydrogens is 206 g/mol. The summed E-state index contributed by atoms with van der Waals surface area (Å²) in [5, 5.41) is 0. The van der Waals surface area contributed by atoms with Crippen LogP contribution in [-0.4, -0.2) is 4.98 Å². The van der Waals surface area contributed by atoms with Crippen molar-refractivity contribution in [1.82, 2.24) is 4.98 Å². The highest BCUT2D eigenvalue weighted by molar-refractivity contribution is 5.73. The molecule has 1 aromatic heterocycles. The summed E-state index contributed by atoms with van der Waals surface area (Å²) >= 11 is 0. The Morgan fingerprint density at radius 1 is 1.00 bits per heavy atom. The van der Waals surface area contributed by atoms with Gasteiger partial charge in [0.25, 0.3) is 0 Å². The van der Waals surface area contributed by atoms with Crippen LogP contribution >= 0.6 is 0 Å². The Labute approximate surface area is 104 Å². The summed E-state index contributed by atoms with van der Waals surface area (Å²) in [5.74, 6) is 0. The van der Waals surface area contributed by atoms with Gasteiger partial charge in [-0.1, -0.05) is 32.0 Å². The molecule has 0 fully saturated rings. The van der Waals surface area contributed by atoms with Crippen LogP contribution in [0.25, 0.3) is 11.1 Å². The van der Waals surface area contributed by atoms with Gasteiger partial charge in [0.15, 0.2) is 0 Å². The number of nitrogens with zero attached hydrogens (tertiary/aromatic N) is 1. The molecule has 1 aromatic carbocycles. The highest BCUT2D eigenvalue weighted by Gasteiger charge is 2.10. The van der Waals surface area contributed by atoms with E-state index in [1.165, 1.54) is 27.8 Å². The second-order valence-corrected chi connectivity index (χ2v) is 4.35. The minimum Gasteiger partial charge on any atom is -0.264 e. The third-order valence-electron chi connectivity index (χ3n) is 3.31. The molecule has 0 amide bonds. The molecule has 1 heterocycles. The number of benzene rings is 1. The maximum absolute atomic E-state index is 4.27. The van der Waals surface area contributed by atoms with Crippen molar-refractivity contribution in [1.29, 1.82) is 0 Å². The highest BCUT2D eigenvalue weighted by atomic mass is 14.6. The first-order valence-electron chi connectivity index (χ1n) is 6.29. The Hall–Kier alpha value is -1.63. The van der Waals surface area contributed by atoms with Crippen molar-refractivity contribution in [3.63, 3.8) is 0 Å². The third-order valence-corrected chi connectivity index (χ3v) is 3.31. The molecule has 88 valence electrons. The third kappa shape index (κ3) is 2.23. The van der Waals surface area contributed by atoms with Crippen LogP contribution < -0.4 is 0 Å². The van der Waals surface area contributed by atoms with E-state index in [9.17, 15) is 0 Å². The maximum Gasteiger partial charge on any atom is 0.0349 e. The molecule has 0 spiro atoms. The molecule has 0 aliphatic carbocycles. The molecule has 0 aliphatic heterocycles. The van der Waals surface area contributed by atoms with Crippen molar-refractivity contribution in [2.24, 2.45) is 0 Å². The SMILES string of the molecule is CCc1cccc(CC)c1-c1cnccc1C. The number of hydrogen-bond acceptors (Lipinski definition) is 1. The zero-order valence-corrected chi connectivity index (χ0v) is 10.8. The minimum atomic E-state index is 1.07. The van der Waals surface area contributed by atoms with Crippen LogP contribution in [0.3, 0.4) is 0 Å². The highest BCUT2D eigenvalue weighted by Crippen LogP contribution is 2.30. The summed E-state index contributed by atoms with van der Waals surface area (Å²) in [5.41, 5.74) is 6.81. The Morgan fingerprint density at radius 3 is 2.18 bits per heavy atom. The zero-order valence-electron chi connectivity index (χ0n) is 10.8. The molecule has 1 heteroatoms. The molecule has 1 nitrogen and oxygen atoms in total. The van der Waals surface area contributed by atoms with Gasteiger partial charge in [-0.25, -0.2) is 0 Å². The topological polar surface area (TPSA) is 12.9 Å². The van der Waals surface area contributed by atoms with Crippen LogP contribution in [0.1, 0.15) is 30.5 Å². The van der Waals surface area contributed by atoms with E-state index in [4.69, 9.17) is 0 Å². The van der Waals surface area contributed by atoms with Crippen molar-refractivity contribution in [2.45, 2.75) is 33.6 Å². The van der Waals surface area contributed by atoms with Crippen LogP contribution in [0.15, 0.2) is 36.7 Å². The zero-order chi connectivity index (χ0) is 12.3. The Kier molecular flexibility index (Phi) is 3.58. The summed E-state index contributed by atoms with van der Waals surface area (Å²) in [7, 11) is 0. The Balaban J connectivity index is 2.69. The number of pyridine rings is 1. The van der Waals surface area contributed by atoms with E-state index in [1.807, 2.05) is 12.4 Å². The van der Waals surface area contributed by atoms with E-state index in [0.717, 1.165) is 12.8 Å². The molecule has 0 aliphatic rings. The summed E-state index contributed by atoms with van der Waals surface area (Å²) in [4.78, 5) is 4.27. The monoisotopic (exact) mass is 225 g/mol. The number of aryl methyl sites for hydroxylation is 3. The second-order valence-electron chi connectivity index (χ2n) is 4.35. The van der Waals surface area contributed by atoms with Gasteiger partial charge in [0, 0.05) is 18.0 Å². The van der Waals surface area contributed by atoms with Gasteiger partial charge < -0.3 is 0 Å². The number of rotatable bonds is 3. The lowest BCUT2D eigenvalue weighted by atomic mass is 9.91. The van der Waals surface area contributed by atoms with Crippen molar-refractivity contribution in [3.8, 4) is 11.1 Å². The Bertz CT molecular complexity index is 492. The van der Waals surface area contributed by atoms with Gasteiger partial charge in [-0.2, -0.15) is 0 Å². The molecule has 0 bridgehead atoms. The summed E-state index contributed by atoms with van der Waals surface area (Å²) < 4.78 is 0. The first kappa shape index (κ1) is 11.8. The predicted octanol–water partition coefficient (Wildman–Crippen LogP) is 4.18. The molecule has 0 atom stereocenters.